The van der Waals surface area contributed by atoms with Crippen LogP contribution in [0.5, 0.6) is 0 Å². The minimum atomic E-state index is -0.215. The molecule has 0 amide bonds. The standard InChI is InChI=1S/C16H17FN2S/c1-11(2)16(13-3-5-14(17)6-4-13)19-9-15-7-12(8-18)10-20-15/h3-7,10-11,16,19H,9H2,1-2H3. The summed E-state index contributed by atoms with van der Waals surface area (Å²) in [5, 5.41) is 14.2. The number of benzene rings is 1. The van der Waals surface area contributed by atoms with Crippen molar-refractivity contribution >= 4 is 11.3 Å². The Labute approximate surface area is 122 Å². The van der Waals surface area contributed by atoms with Gasteiger partial charge < -0.3 is 5.32 Å². The SMILES string of the molecule is CC(C)C(NCc1cc(C#N)cs1)c1ccc(F)cc1. The molecule has 1 aromatic heterocycles. The predicted octanol–water partition coefficient (Wildman–Crippen LogP) is 4.25. The second-order valence-corrected chi connectivity index (χ2v) is 6.06. The van der Waals surface area contributed by atoms with Crippen molar-refractivity contribution in [2.24, 2.45) is 5.92 Å². The number of rotatable bonds is 5. The van der Waals surface area contributed by atoms with Gasteiger partial charge in [-0.3, -0.25) is 0 Å². The van der Waals surface area contributed by atoms with Gasteiger partial charge in [0.05, 0.1) is 5.56 Å². The summed E-state index contributed by atoms with van der Waals surface area (Å²) in [6.07, 6.45) is 0. The maximum atomic E-state index is 13.0. The van der Waals surface area contributed by atoms with Gasteiger partial charge in [-0.1, -0.05) is 26.0 Å². The Morgan fingerprint density at radius 3 is 2.55 bits per heavy atom. The van der Waals surface area contributed by atoms with E-state index >= 15 is 0 Å². The van der Waals surface area contributed by atoms with Crippen LogP contribution in [0.3, 0.4) is 0 Å². The first kappa shape index (κ1) is 14.7. The molecule has 0 aliphatic heterocycles. The molecule has 1 heterocycles. The summed E-state index contributed by atoms with van der Waals surface area (Å²) in [6.45, 7) is 4.98. The molecule has 2 aromatic rings. The predicted molar refractivity (Wildman–Crippen MR) is 79.9 cm³/mol. The van der Waals surface area contributed by atoms with Crippen LogP contribution >= 0.6 is 11.3 Å². The Balaban J connectivity index is 2.06. The normalized spacial score (nSPS) is 12.3. The van der Waals surface area contributed by atoms with Gasteiger partial charge in [-0.25, -0.2) is 4.39 Å². The average molecular weight is 288 g/mol. The first-order valence-corrected chi connectivity index (χ1v) is 7.44. The second kappa shape index (κ2) is 6.65. The molecule has 0 bridgehead atoms. The van der Waals surface area contributed by atoms with Crippen LogP contribution < -0.4 is 5.32 Å². The fraction of sp³-hybridized carbons (Fsp3) is 0.312. The van der Waals surface area contributed by atoms with E-state index in [-0.39, 0.29) is 11.9 Å². The van der Waals surface area contributed by atoms with Crippen molar-refractivity contribution in [3.8, 4) is 6.07 Å². The molecule has 20 heavy (non-hydrogen) atoms. The lowest BCUT2D eigenvalue weighted by Gasteiger charge is -2.22. The van der Waals surface area contributed by atoms with Gasteiger partial charge in [0, 0.05) is 22.8 Å². The van der Waals surface area contributed by atoms with Gasteiger partial charge in [0.15, 0.2) is 0 Å². The zero-order chi connectivity index (χ0) is 14.5. The Bertz CT molecular complexity index is 596. The van der Waals surface area contributed by atoms with E-state index in [4.69, 9.17) is 5.26 Å². The molecule has 0 radical (unpaired) electrons. The lowest BCUT2D eigenvalue weighted by Crippen LogP contribution is -2.25. The third kappa shape index (κ3) is 3.66. The van der Waals surface area contributed by atoms with Gasteiger partial charge in [-0.05, 0) is 29.7 Å². The van der Waals surface area contributed by atoms with Crippen molar-refractivity contribution in [3.05, 3.63) is 57.5 Å². The highest BCUT2D eigenvalue weighted by atomic mass is 32.1. The molecule has 1 unspecified atom stereocenters. The Kier molecular flexibility index (Phi) is 4.89. The molecule has 1 aromatic carbocycles. The molecule has 2 nitrogen and oxygen atoms in total. The molecule has 4 heteroatoms. The second-order valence-electron chi connectivity index (χ2n) is 5.07. The highest BCUT2D eigenvalue weighted by Gasteiger charge is 2.15. The number of nitrogens with one attached hydrogen (secondary N) is 1. The Hall–Kier alpha value is -1.70. The topological polar surface area (TPSA) is 35.8 Å². The highest BCUT2D eigenvalue weighted by Crippen LogP contribution is 2.23. The molecule has 1 N–H and O–H groups in total. The molecule has 0 fully saturated rings. The lowest BCUT2D eigenvalue weighted by atomic mass is 9.96. The molecular formula is C16H17FN2S. The van der Waals surface area contributed by atoms with Crippen LogP contribution in [0.1, 0.15) is 35.9 Å². The largest absolute Gasteiger partial charge is 0.305 e. The van der Waals surface area contributed by atoms with Crippen molar-refractivity contribution in [1.29, 1.82) is 5.26 Å². The van der Waals surface area contributed by atoms with E-state index in [1.807, 2.05) is 23.6 Å². The molecule has 1 atom stereocenters. The van der Waals surface area contributed by atoms with Crippen molar-refractivity contribution in [2.75, 3.05) is 0 Å². The number of nitriles is 1. The molecular weight excluding hydrogens is 271 g/mol. The third-order valence-electron chi connectivity index (χ3n) is 3.17. The van der Waals surface area contributed by atoms with Gasteiger partial charge in [0.1, 0.15) is 11.9 Å². The van der Waals surface area contributed by atoms with Gasteiger partial charge in [0.2, 0.25) is 0 Å². The smallest absolute Gasteiger partial charge is 0.123 e. The highest BCUT2D eigenvalue weighted by molar-refractivity contribution is 7.10. The van der Waals surface area contributed by atoms with Crippen LogP contribution in [0.25, 0.3) is 0 Å². The summed E-state index contributed by atoms with van der Waals surface area (Å²) in [5.41, 5.74) is 1.79. The van der Waals surface area contributed by atoms with E-state index in [9.17, 15) is 4.39 Å². The van der Waals surface area contributed by atoms with Crippen LogP contribution in [-0.4, -0.2) is 0 Å². The van der Waals surface area contributed by atoms with Crippen molar-refractivity contribution in [3.63, 3.8) is 0 Å². The molecule has 0 saturated heterocycles. The quantitative estimate of drug-likeness (QED) is 0.893. The van der Waals surface area contributed by atoms with Gasteiger partial charge >= 0.3 is 0 Å². The van der Waals surface area contributed by atoms with Crippen LogP contribution in [0, 0.1) is 23.1 Å². The van der Waals surface area contributed by atoms with Gasteiger partial charge in [0.25, 0.3) is 0 Å². The molecule has 0 spiro atoms. The molecule has 0 aliphatic rings. The molecule has 104 valence electrons. The summed E-state index contributed by atoms with van der Waals surface area (Å²) in [7, 11) is 0. The Morgan fingerprint density at radius 1 is 1.30 bits per heavy atom. The zero-order valence-corrected chi connectivity index (χ0v) is 12.4. The fourth-order valence-electron chi connectivity index (χ4n) is 2.15. The van der Waals surface area contributed by atoms with Crippen LogP contribution in [0.4, 0.5) is 4.39 Å². The van der Waals surface area contributed by atoms with Crippen molar-refractivity contribution < 1.29 is 4.39 Å². The molecule has 2 rings (SSSR count). The summed E-state index contributed by atoms with van der Waals surface area (Å²) in [4.78, 5) is 1.13. The number of hydrogen-bond donors (Lipinski definition) is 1. The number of hydrogen-bond acceptors (Lipinski definition) is 3. The Morgan fingerprint density at radius 2 is 2.00 bits per heavy atom. The van der Waals surface area contributed by atoms with E-state index in [0.29, 0.717) is 18.0 Å². The van der Waals surface area contributed by atoms with Gasteiger partial charge in [-0.2, -0.15) is 5.26 Å². The van der Waals surface area contributed by atoms with Crippen molar-refractivity contribution in [2.45, 2.75) is 26.4 Å². The summed E-state index contributed by atoms with van der Waals surface area (Å²) >= 11 is 1.58. The molecule has 0 aliphatic carbocycles. The monoisotopic (exact) mass is 288 g/mol. The van der Waals surface area contributed by atoms with Gasteiger partial charge in [-0.15, -0.1) is 11.3 Å². The first-order valence-electron chi connectivity index (χ1n) is 6.56. The van der Waals surface area contributed by atoms with Crippen LogP contribution in [-0.2, 0) is 6.54 Å². The van der Waals surface area contributed by atoms with Crippen LogP contribution in [0.2, 0.25) is 0 Å². The van der Waals surface area contributed by atoms with E-state index in [0.717, 1.165) is 10.4 Å². The summed E-state index contributed by atoms with van der Waals surface area (Å²) in [6, 6.07) is 10.8. The van der Waals surface area contributed by atoms with E-state index in [2.05, 4.69) is 25.2 Å². The maximum Gasteiger partial charge on any atom is 0.123 e. The van der Waals surface area contributed by atoms with Crippen molar-refractivity contribution in [1.82, 2.24) is 5.32 Å². The summed E-state index contributed by atoms with van der Waals surface area (Å²) < 4.78 is 13.0. The fourth-order valence-corrected chi connectivity index (χ4v) is 2.91. The lowest BCUT2D eigenvalue weighted by molar-refractivity contribution is 0.411. The number of nitrogens with zero attached hydrogens (tertiary/aromatic N) is 1. The zero-order valence-electron chi connectivity index (χ0n) is 11.6. The summed E-state index contributed by atoms with van der Waals surface area (Å²) in [5.74, 6) is 0.184. The maximum absolute atomic E-state index is 13.0. The average Bonchev–Trinajstić information content (AvgIpc) is 2.88. The minimum absolute atomic E-state index is 0.170. The third-order valence-corrected chi connectivity index (χ3v) is 4.11. The van der Waals surface area contributed by atoms with Crippen LogP contribution in [0.15, 0.2) is 35.7 Å². The molecule has 0 saturated carbocycles. The number of halogens is 1. The van der Waals surface area contributed by atoms with E-state index < -0.39 is 0 Å². The first-order chi connectivity index (χ1) is 9.60. The van der Waals surface area contributed by atoms with E-state index in [1.54, 1.807) is 11.3 Å². The minimum Gasteiger partial charge on any atom is -0.305 e. The van der Waals surface area contributed by atoms with E-state index in [1.165, 1.54) is 12.1 Å². The number of thiophene rings is 1.